The highest BCUT2D eigenvalue weighted by Gasteiger charge is 2.30. The third-order valence-corrected chi connectivity index (χ3v) is 2.11. The summed E-state index contributed by atoms with van der Waals surface area (Å²) < 4.78 is 14.2. The van der Waals surface area contributed by atoms with Crippen molar-refractivity contribution in [3.05, 3.63) is 29.8 Å². The van der Waals surface area contributed by atoms with Crippen molar-refractivity contribution in [2.75, 3.05) is 14.2 Å². The molecule has 92 valence electrons. The molecule has 0 aromatic heterocycles. The first-order valence-corrected chi connectivity index (χ1v) is 4.97. The van der Waals surface area contributed by atoms with Gasteiger partial charge >= 0.3 is 11.9 Å². The lowest BCUT2D eigenvalue weighted by atomic mass is 10.2. The topological polar surface area (TPSA) is 61.8 Å². The second-order valence-electron chi connectivity index (χ2n) is 3.36. The van der Waals surface area contributed by atoms with Crippen LogP contribution in [0.1, 0.15) is 5.56 Å². The number of rotatable bonds is 4. The standard InChI is InChI=1S/C12H14O5/c1-8-4-6-9(7-5-8)17-10(11(13)15-2)12(14)16-3/h4-7,10H,1-3H3. The van der Waals surface area contributed by atoms with Gasteiger partial charge < -0.3 is 14.2 Å². The monoisotopic (exact) mass is 238 g/mol. The molecule has 0 amide bonds. The van der Waals surface area contributed by atoms with Crippen LogP contribution in [0.25, 0.3) is 0 Å². The maximum atomic E-state index is 11.3. The molecule has 5 nitrogen and oxygen atoms in total. The quantitative estimate of drug-likeness (QED) is 0.580. The maximum absolute atomic E-state index is 11.3. The molecule has 0 heterocycles. The van der Waals surface area contributed by atoms with E-state index in [4.69, 9.17) is 4.74 Å². The Hall–Kier alpha value is -2.04. The molecular weight excluding hydrogens is 224 g/mol. The second kappa shape index (κ2) is 5.89. The van der Waals surface area contributed by atoms with Crippen LogP contribution in [0.15, 0.2) is 24.3 Å². The summed E-state index contributed by atoms with van der Waals surface area (Å²) in [6.45, 7) is 1.92. The van der Waals surface area contributed by atoms with Crippen molar-refractivity contribution in [1.82, 2.24) is 0 Å². The average Bonchev–Trinajstić information content (AvgIpc) is 2.36. The Morgan fingerprint density at radius 1 is 1.00 bits per heavy atom. The van der Waals surface area contributed by atoms with Crippen LogP contribution in [-0.2, 0) is 19.1 Å². The van der Waals surface area contributed by atoms with E-state index in [1.54, 1.807) is 24.3 Å². The number of esters is 2. The van der Waals surface area contributed by atoms with E-state index < -0.39 is 18.0 Å². The summed E-state index contributed by atoms with van der Waals surface area (Å²) in [7, 11) is 2.35. The minimum absolute atomic E-state index is 0.399. The summed E-state index contributed by atoms with van der Waals surface area (Å²) in [6.07, 6.45) is -1.40. The molecule has 1 rings (SSSR count). The fourth-order valence-corrected chi connectivity index (χ4v) is 1.16. The molecular formula is C12H14O5. The maximum Gasteiger partial charge on any atom is 0.359 e. The lowest BCUT2D eigenvalue weighted by Crippen LogP contribution is -2.37. The van der Waals surface area contributed by atoms with Gasteiger partial charge in [-0.05, 0) is 19.1 Å². The van der Waals surface area contributed by atoms with Gasteiger partial charge in [-0.15, -0.1) is 0 Å². The molecule has 5 heteroatoms. The highest BCUT2D eigenvalue weighted by atomic mass is 16.6. The zero-order valence-corrected chi connectivity index (χ0v) is 9.93. The molecule has 17 heavy (non-hydrogen) atoms. The Labute approximate surface area is 99.3 Å². The fraction of sp³-hybridized carbons (Fsp3) is 0.333. The van der Waals surface area contributed by atoms with Gasteiger partial charge in [0.25, 0.3) is 6.10 Å². The number of methoxy groups -OCH3 is 2. The number of aryl methyl sites for hydroxylation is 1. The first kappa shape index (κ1) is 13.0. The van der Waals surface area contributed by atoms with Crippen molar-refractivity contribution < 1.29 is 23.8 Å². The Morgan fingerprint density at radius 3 is 1.88 bits per heavy atom. The molecule has 0 aliphatic rings. The zero-order chi connectivity index (χ0) is 12.8. The molecule has 0 unspecified atom stereocenters. The van der Waals surface area contributed by atoms with Crippen LogP contribution in [0, 0.1) is 6.92 Å². The molecule has 0 saturated carbocycles. The summed E-state index contributed by atoms with van der Waals surface area (Å²) in [6, 6.07) is 6.93. The molecule has 0 radical (unpaired) electrons. The van der Waals surface area contributed by atoms with Gasteiger partial charge in [0.05, 0.1) is 14.2 Å². The first-order valence-electron chi connectivity index (χ1n) is 4.97. The van der Waals surface area contributed by atoms with Gasteiger partial charge in [-0.25, -0.2) is 9.59 Å². The predicted octanol–water partition coefficient (Wildman–Crippen LogP) is 1.09. The smallest absolute Gasteiger partial charge is 0.359 e. The molecule has 0 atom stereocenters. The fourth-order valence-electron chi connectivity index (χ4n) is 1.16. The number of benzene rings is 1. The number of hydrogen-bond donors (Lipinski definition) is 0. The minimum Gasteiger partial charge on any atom is -0.467 e. The van der Waals surface area contributed by atoms with Crippen LogP contribution < -0.4 is 4.74 Å². The Bertz CT molecular complexity index is 380. The van der Waals surface area contributed by atoms with Crippen LogP contribution in [-0.4, -0.2) is 32.3 Å². The van der Waals surface area contributed by atoms with E-state index in [0.29, 0.717) is 5.75 Å². The van der Waals surface area contributed by atoms with Crippen LogP contribution in [0.5, 0.6) is 5.75 Å². The summed E-state index contributed by atoms with van der Waals surface area (Å²) in [5, 5.41) is 0. The van der Waals surface area contributed by atoms with E-state index in [9.17, 15) is 9.59 Å². The lowest BCUT2D eigenvalue weighted by Gasteiger charge is -2.14. The van der Waals surface area contributed by atoms with Crippen LogP contribution in [0.4, 0.5) is 0 Å². The van der Waals surface area contributed by atoms with Gasteiger partial charge in [0.15, 0.2) is 0 Å². The summed E-state index contributed by atoms with van der Waals surface area (Å²) in [4.78, 5) is 22.7. The van der Waals surface area contributed by atoms with Gasteiger partial charge in [0.2, 0.25) is 0 Å². The largest absolute Gasteiger partial charge is 0.467 e. The average molecular weight is 238 g/mol. The Morgan fingerprint density at radius 2 is 1.47 bits per heavy atom. The van der Waals surface area contributed by atoms with E-state index in [0.717, 1.165) is 5.56 Å². The van der Waals surface area contributed by atoms with Gasteiger partial charge in [-0.2, -0.15) is 0 Å². The normalized spacial score (nSPS) is 9.88. The summed E-state index contributed by atoms with van der Waals surface area (Å²) in [5.74, 6) is -1.19. The lowest BCUT2D eigenvalue weighted by molar-refractivity contribution is -0.163. The van der Waals surface area contributed by atoms with Gasteiger partial charge in [0.1, 0.15) is 5.75 Å². The van der Waals surface area contributed by atoms with Crippen LogP contribution in [0.3, 0.4) is 0 Å². The molecule has 0 saturated heterocycles. The highest BCUT2D eigenvalue weighted by molar-refractivity contribution is 5.98. The number of ether oxygens (including phenoxy) is 3. The van der Waals surface area contributed by atoms with Crippen molar-refractivity contribution in [2.45, 2.75) is 13.0 Å². The van der Waals surface area contributed by atoms with Crippen molar-refractivity contribution in [2.24, 2.45) is 0 Å². The SMILES string of the molecule is COC(=O)C(Oc1ccc(C)cc1)C(=O)OC. The second-order valence-corrected chi connectivity index (χ2v) is 3.36. The molecule has 1 aromatic rings. The van der Waals surface area contributed by atoms with Crippen LogP contribution in [0.2, 0.25) is 0 Å². The number of carbonyl (C=O) groups is 2. The van der Waals surface area contributed by atoms with E-state index in [1.807, 2.05) is 6.92 Å². The van der Waals surface area contributed by atoms with E-state index in [2.05, 4.69) is 9.47 Å². The molecule has 0 aliphatic heterocycles. The van der Waals surface area contributed by atoms with Crippen molar-refractivity contribution in [3.63, 3.8) is 0 Å². The van der Waals surface area contributed by atoms with Crippen molar-refractivity contribution in [3.8, 4) is 5.75 Å². The van der Waals surface area contributed by atoms with Gasteiger partial charge in [-0.1, -0.05) is 17.7 Å². The first-order chi connectivity index (χ1) is 8.08. The van der Waals surface area contributed by atoms with E-state index in [1.165, 1.54) is 14.2 Å². The summed E-state index contributed by atoms with van der Waals surface area (Å²) >= 11 is 0. The molecule has 0 aliphatic carbocycles. The van der Waals surface area contributed by atoms with Gasteiger partial charge in [-0.3, -0.25) is 0 Å². The molecule has 0 N–H and O–H groups in total. The number of carbonyl (C=O) groups excluding carboxylic acids is 2. The van der Waals surface area contributed by atoms with Crippen molar-refractivity contribution in [1.29, 1.82) is 0 Å². The summed E-state index contributed by atoms with van der Waals surface area (Å²) in [5.41, 5.74) is 1.05. The third-order valence-electron chi connectivity index (χ3n) is 2.11. The van der Waals surface area contributed by atoms with Crippen molar-refractivity contribution >= 4 is 11.9 Å². The number of hydrogen-bond acceptors (Lipinski definition) is 5. The zero-order valence-electron chi connectivity index (χ0n) is 9.93. The highest BCUT2D eigenvalue weighted by Crippen LogP contribution is 2.14. The Kier molecular flexibility index (Phi) is 4.51. The van der Waals surface area contributed by atoms with E-state index in [-0.39, 0.29) is 0 Å². The molecule has 0 bridgehead atoms. The van der Waals surface area contributed by atoms with Crippen LogP contribution >= 0.6 is 0 Å². The third kappa shape index (κ3) is 3.48. The Balaban J connectivity index is 2.82. The molecule has 0 fully saturated rings. The minimum atomic E-state index is -1.40. The molecule has 0 spiro atoms. The van der Waals surface area contributed by atoms with E-state index >= 15 is 0 Å². The molecule has 1 aromatic carbocycles. The predicted molar refractivity (Wildman–Crippen MR) is 59.6 cm³/mol. The van der Waals surface area contributed by atoms with Gasteiger partial charge in [0, 0.05) is 0 Å².